The Morgan fingerprint density at radius 2 is 1.43 bits per heavy atom. The summed E-state index contributed by atoms with van der Waals surface area (Å²) in [6, 6.07) is 14.6. The van der Waals surface area contributed by atoms with Gasteiger partial charge in [-0.25, -0.2) is 9.59 Å². The van der Waals surface area contributed by atoms with Crippen LogP contribution in [0.4, 0.5) is 0 Å². The molecule has 0 saturated heterocycles. The first-order valence-electron chi connectivity index (χ1n) is 12.9. The minimum Gasteiger partial charge on any atom is -0.486 e. The largest absolute Gasteiger partial charge is 0.486 e. The number of hydrogen-bond acceptors (Lipinski definition) is 5. The summed E-state index contributed by atoms with van der Waals surface area (Å²) >= 11 is 0. The van der Waals surface area contributed by atoms with Gasteiger partial charge in [-0.1, -0.05) is 102 Å². The lowest BCUT2D eigenvalue weighted by Crippen LogP contribution is -2.11. The van der Waals surface area contributed by atoms with Crippen molar-refractivity contribution >= 4 is 11.9 Å². The minimum atomic E-state index is -0.619. The smallest absolute Gasteiger partial charge is 0.343 e. The fraction of sp³-hybridized carbons (Fsp3) is 0.467. The molecule has 0 spiro atoms. The Labute approximate surface area is 210 Å². The molecule has 0 bridgehead atoms. The molecule has 2 rings (SSSR count). The molecule has 0 N–H and O–H groups in total. The second kappa shape index (κ2) is 17.4. The fourth-order valence-corrected chi connectivity index (χ4v) is 3.73. The molecule has 189 valence electrons. The van der Waals surface area contributed by atoms with Crippen molar-refractivity contribution in [2.45, 2.75) is 84.0 Å². The third kappa shape index (κ3) is 11.3. The van der Waals surface area contributed by atoms with Crippen LogP contribution < -0.4 is 14.2 Å². The maximum absolute atomic E-state index is 12.5. The summed E-state index contributed by atoms with van der Waals surface area (Å²) in [6.45, 7) is 6.10. The molecule has 2 aromatic rings. The molecule has 35 heavy (non-hydrogen) atoms. The predicted octanol–water partition coefficient (Wildman–Crippen LogP) is 7.88. The molecule has 0 unspecified atom stereocenters. The van der Waals surface area contributed by atoms with Gasteiger partial charge < -0.3 is 14.2 Å². The normalized spacial score (nSPS) is 10.5. The van der Waals surface area contributed by atoms with E-state index in [2.05, 4.69) is 19.6 Å². The number of ether oxygens (including phenoxy) is 3. The summed E-state index contributed by atoms with van der Waals surface area (Å²) in [6.07, 6.45) is 16.1. The number of benzene rings is 2. The number of carbonyl (C=O) groups is 2. The maximum Gasteiger partial charge on any atom is 0.343 e. The SMILES string of the molecule is C=CC(=O)Oc1cc[c]c(OC(=O)c2ccccc2)c1OCCCCCCCCCCCCCC. The average molecular weight is 480 g/mol. The van der Waals surface area contributed by atoms with Gasteiger partial charge in [0, 0.05) is 12.1 Å². The second-order valence-electron chi connectivity index (χ2n) is 8.62. The zero-order valence-corrected chi connectivity index (χ0v) is 21.1. The van der Waals surface area contributed by atoms with Crippen LogP contribution in [0, 0.1) is 6.07 Å². The van der Waals surface area contributed by atoms with Crippen molar-refractivity contribution in [2.75, 3.05) is 6.61 Å². The van der Waals surface area contributed by atoms with E-state index >= 15 is 0 Å². The van der Waals surface area contributed by atoms with Crippen LogP contribution in [0.25, 0.3) is 0 Å². The van der Waals surface area contributed by atoms with E-state index in [1.54, 1.807) is 30.3 Å². The first kappa shape index (κ1) is 28.2. The zero-order chi connectivity index (χ0) is 25.1. The average Bonchev–Trinajstić information content (AvgIpc) is 2.88. The summed E-state index contributed by atoms with van der Waals surface area (Å²) < 4.78 is 16.7. The van der Waals surface area contributed by atoms with Crippen LogP contribution in [-0.2, 0) is 4.79 Å². The first-order chi connectivity index (χ1) is 17.2. The van der Waals surface area contributed by atoms with Crippen LogP contribution in [0.15, 0.2) is 55.1 Å². The van der Waals surface area contributed by atoms with E-state index in [4.69, 9.17) is 14.2 Å². The van der Waals surface area contributed by atoms with Gasteiger partial charge in [0.25, 0.3) is 0 Å². The number of hydrogen-bond donors (Lipinski definition) is 0. The van der Waals surface area contributed by atoms with E-state index in [0.717, 1.165) is 25.3 Å². The maximum atomic E-state index is 12.5. The number of carbonyl (C=O) groups excluding carboxylic acids is 2. The molecular weight excluding hydrogens is 440 g/mol. The molecule has 0 aliphatic heterocycles. The summed E-state index contributed by atoms with van der Waals surface area (Å²) in [4.78, 5) is 24.3. The van der Waals surface area contributed by atoms with Gasteiger partial charge in [0.05, 0.1) is 12.2 Å². The van der Waals surface area contributed by atoms with Crippen LogP contribution >= 0.6 is 0 Å². The summed E-state index contributed by atoms with van der Waals surface area (Å²) in [5, 5.41) is 0. The van der Waals surface area contributed by atoms with Crippen LogP contribution in [0.2, 0.25) is 0 Å². The molecule has 5 heteroatoms. The van der Waals surface area contributed by atoms with Crippen LogP contribution in [0.3, 0.4) is 0 Å². The van der Waals surface area contributed by atoms with E-state index in [9.17, 15) is 9.59 Å². The van der Waals surface area contributed by atoms with Gasteiger partial charge in [0.2, 0.25) is 5.75 Å². The number of unbranched alkanes of at least 4 members (excludes halogenated alkanes) is 11. The Morgan fingerprint density at radius 3 is 2.03 bits per heavy atom. The van der Waals surface area contributed by atoms with Gasteiger partial charge in [-0.2, -0.15) is 0 Å². The quantitative estimate of drug-likeness (QED) is 0.0942. The van der Waals surface area contributed by atoms with Crippen molar-refractivity contribution in [3.05, 3.63) is 66.7 Å². The summed E-state index contributed by atoms with van der Waals surface area (Å²) in [7, 11) is 0. The lowest BCUT2D eigenvalue weighted by molar-refractivity contribution is -0.129. The van der Waals surface area contributed by atoms with Crippen molar-refractivity contribution in [1.82, 2.24) is 0 Å². The van der Waals surface area contributed by atoms with Gasteiger partial charge in [-0.05, 0) is 30.7 Å². The van der Waals surface area contributed by atoms with Gasteiger partial charge in [-0.15, -0.1) is 0 Å². The molecule has 0 heterocycles. The number of rotatable bonds is 18. The van der Waals surface area contributed by atoms with Crippen molar-refractivity contribution in [2.24, 2.45) is 0 Å². The van der Waals surface area contributed by atoms with E-state index in [1.165, 1.54) is 63.9 Å². The molecule has 0 aliphatic carbocycles. The summed E-state index contributed by atoms with van der Waals surface area (Å²) in [5.41, 5.74) is 0.404. The van der Waals surface area contributed by atoms with Crippen LogP contribution in [0.1, 0.15) is 94.3 Å². The first-order valence-corrected chi connectivity index (χ1v) is 12.9. The Kier molecular flexibility index (Phi) is 14.0. The third-order valence-corrected chi connectivity index (χ3v) is 5.70. The Hall–Kier alpha value is -3.08. The lowest BCUT2D eigenvalue weighted by Gasteiger charge is -2.15. The van der Waals surface area contributed by atoms with E-state index < -0.39 is 11.9 Å². The molecule has 0 fully saturated rings. The van der Waals surface area contributed by atoms with E-state index in [1.807, 2.05) is 6.07 Å². The second-order valence-corrected chi connectivity index (χ2v) is 8.62. The van der Waals surface area contributed by atoms with E-state index in [-0.39, 0.29) is 17.2 Å². The van der Waals surface area contributed by atoms with Crippen LogP contribution in [0.5, 0.6) is 17.2 Å². The molecule has 5 nitrogen and oxygen atoms in total. The molecule has 0 amide bonds. The molecule has 0 saturated carbocycles. The molecule has 1 radical (unpaired) electrons. The van der Waals surface area contributed by atoms with Crippen molar-refractivity contribution in [1.29, 1.82) is 0 Å². The predicted molar refractivity (Wildman–Crippen MR) is 139 cm³/mol. The standard InChI is InChI=1S/C30H39O5/c1-3-5-6-7-8-9-10-11-12-13-14-18-24-33-29-26(34-28(31)4-2)22-19-23-27(29)35-30(32)25-20-16-15-17-21-25/h4,15-17,19-22H,2-3,5-14,18,24H2,1H3. The highest BCUT2D eigenvalue weighted by atomic mass is 16.6. The van der Waals surface area contributed by atoms with Crippen molar-refractivity contribution < 1.29 is 23.8 Å². The number of esters is 2. The highest BCUT2D eigenvalue weighted by Gasteiger charge is 2.18. The van der Waals surface area contributed by atoms with Gasteiger partial charge in [0.1, 0.15) is 0 Å². The minimum absolute atomic E-state index is 0.0900. The van der Waals surface area contributed by atoms with Gasteiger partial charge in [-0.3, -0.25) is 0 Å². The zero-order valence-electron chi connectivity index (χ0n) is 21.1. The van der Waals surface area contributed by atoms with Gasteiger partial charge >= 0.3 is 11.9 Å². The lowest BCUT2D eigenvalue weighted by atomic mass is 10.1. The highest BCUT2D eigenvalue weighted by Crippen LogP contribution is 2.37. The van der Waals surface area contributed by atoms with Crippen molar-refractivity contribution in [3.8, 4) is 17.2 Å². The Balaban J connectivity index is 1.80. The van der Waals surface area contributed by atoms with Gasteiger partial charge in [0.15, 0.2) is 11.5 Å². The Bertz CT molecular complexity index is 891. The molecular formula is C30H39O5. The summed E-state index contributed by atoms with van der Waals surface area (Å²) in [5.74, 6) is -0.707. The topological polar surface area (TPSA) is 61.8 Å². The van der Waals surface area contributed by atoms with Crippen LogP contribution in [-0.4, -0.2) is 18.5 Å². The molecule has 0 atom stereocenters. The Morgan fingerprint density at radius 1 is 0.829 bits per heavy atom. The highest BCUT2D eigenvalue weighted by molar-refractivity contribution is 5.91. The monoisotopic (exact) mass is 479 g/mol. The third-order valence-electron chi connectivity index (χ3n) is 5.70. The fourth-order valence-electron chi connectivity index (χ4n) is 3.73. The molecule has 2 aromatic carbocycles. The molecule has 0 aromatic heterocycles. The molecule has 0 aliphatic rings. The van der Waals surface area contributed by atoms with E-state index in [0.29, 0.717) is 12.2 Å². The van der Waals surface area contributed by atoms with Crippen molar-refractivity contribution in [3.63, 3.8) is 0 Å².